The molecule has 6 heteroatoms. The molecule has 1 saturated heterocycles. The summed E-state index contributed by atoms with van der Waals surface area (Å²) in [5, 5.41) is 3.35. The molecule has 2 unspecified atom stereocenters. The number of ether oxygens (including phenoxy) is 1. The Morgan fingerprint density at radius 2 is 2.20 bits per heavy atom. The molecule has 1 amide bonds. The van der Waals surface area contributed by atoms with E-state index in [-0.39, 0.29) is 11.5 Å². The summed E-state index contributed by atoms with van der Waals surface area (Å²) in [5.41, 5.74) is -0.592. The third kappa shape index (κ3) is 1.34. The van der Waals surface area contributed by atoms with Crippen LogP contribution in [0.25, 0.3) is 10.9 Å². The normalized spacial score (nSPS) is 28.1. The van der Waals surface area contributed by atoms with Crippen molar-refractivity contribution < 1.29 is 9.53 Å². The van der Waals surface area contributed by atoms with Gasteiger partial charge in [-0.3, -0.25) is 14.2 Å². The predicted molar refractivity (Wildman–Crippen MR) is 71.1 cm³/mol. The molecule has 5 rings (SSSR count). The number of amides is 1. The Labute approximate surface area is 114 Å². The number of carbonyl (C=O) groups is 1. The van der Waals surface area contributed by atoms with E-state index in [1.54, 1.807) is 25.1 Å². The number of carbonyl (C=O) groups excluding carboxylic acids is 1. The Morgan fingerprint density at radius 1 is 1.40 bits per heavy atom. The van der Waals surface area contributed by atoms with Crippen molar-refractivity contribution >= 4 is 16.8 Å². The lowest BCUT2D eigenvalue weighted by atomic mass is 10.1. The first-order valence-electron chi connectivity index (χ1n) is 6.58. The highest BCUT2D eigenvalue weighted by Crippen LogP contribution is 2.33. The summed E-state index contributed by atoms with van der Waals surface area (Å²) < 4.78 is 7.22. The standard InChI is InChI=1S/C14H13N3O3/c1-14-13-15-9-5-3-2-4-8(9)12(19)17(13)10(6-7-20-14)11(18)16-14/h2-5,10H,6-7H2,1H3,(H,16,18). The molecule has 1 fully saturated rings. The molecule has 0 radical (unpaired) electrons. The van der Waals surface area contributed by atoms with Crippen molar-refractivity contribution in [3.63, 3.8) is 0 Å². The first-order valence-corrected chi connectivity index (χ1v) is 6.58. The maximum Gasteiger partial charge on any atom is 0.262 e. The smallest absolute Gasteiger partial charge is 0.262 e. The highest BCUT2D eigenvalue weighted by atomic mass is 16.5. The zero-order valence-corrected chi connectivity index (χ0v) is 10.9. The van der Waals surface area contributed by atoms with Crippen LogP contribution in [0, 0.1) is 0 Å². The van der Waals surface area contributed by atoms with E-state index in [1.807, 2.05) is 6.07 Å². The van der Waals surface area contributed by atoms with Crippen LogP contribution < -0.4 is 10.9 Å². The molecule has 102 valence electrons. The molecule has 20 heavy (non-hydrogen) atoms. The van der Waals surface area contributed by atoms with Crippen LogP contribution in [0.5, 0.6) is 0 Å². The predicted octanol–water partition coefficient (Wildman–Crippen LogP) is 0.660. The van der Waals surface area contributed by atoms with Gasteiger partial charge in [0.15, 0.2) is 11.5 Å². The summed E-state index contributed by atoms with van der Waals surface area (Å²) in [6.45, 7) is 2.15. The van der Waals surface area contributed by atoms with E-state index in [0.717, 1.165) is 0 Å². The zero-order chi connectivity index (χ0) is 13.9. The number of rotatable bonds is 0. The average Bonchev–Trinajstić information content (AvgIpc) is 2.66. The first kappa shape index (κ1) is 11.6. The lowest BCUT2D eigenvalue weighted by Gasteiger charge is -2.35. The lowest BCUT2D eigenvalue weighted by molar-refractivity contribution is -0.135. The summed E-state index contributed by atoms with van der Waals surface area (Å²) in [5.74, 6) is 0.292. The minimum absolute atomic E-state index is 0.179. The fourth-order valence-electron chi connectivity index (χ4n) is 3.00. The van der Waals surface area contributed by atoms with Crippen LogP contribution in [-0.4, -0.2) is 22.1 Å². The van der Waals surface area contributed by atoms with Crippen molar-refractivity contribution in [2.75, 3.05) is 6.61 Å². The van der Waals surface area contributed by atoms with Crippen LogP contribution in [0.4, 0.5) is 0 Å². The van der Waals surface area contributed by atoms with Crippen molar-refractivity contribution in [3.05, 3.63) is 40.4 Å². The van der Waals surface area contributed by atoms with Crippen molar-refractivity contribution in [1.82, 2.24) is 14.9 Å². The van der Waals surface area contributed by atoms with Crippen molar-refractivity contribution in [2.24, 2.45) is 0 Å². The van der Waals surface area contributed by atoms with Crippen LogP contribution in [0.3, 0.4) is 0 Å². The number of benzene rings is 1. The number of nitrogens with one attached hydrogen (secondary N) is 1. The summed E-state index contributed by atoms with van der Waals surface area (Å²) in [6, 6.07) is 6.62. The van der Waals surface area contributed by atoms with E-state index in [0.29, 0.717) is 29.8 Å². The molecule has 0 aliphatic carbocycles. The van der Waals surface area contributed by atoms with E-state index < -0.39 is 11.8 Å². The molecule has 2 aromatic rings. The Morgan fingerprint density at radius 3 is 3.05 bits per heavy atom. The third-order valence-corrected chi connectivity index (χ3v) is 3.99. The van der Waals surface area contributed by atoms with E-state index in [2.05, 4.69) is 10.3 Å². The van der Waals surface area contributed by atoms with Gasteiger partial charge in [0, 0.05) is 6.42 Å². The maximum atomic E-state index is 12.7. The number of aromatic nitrogens is 2. The van der Waals surface area contributed by atoms with Gasteiger partial charge in [-0.25, -0.2) is 4.98 Å². The molecule has 3 aliphatic heterocycles. The van der Waals surface area contributed by atoms with Gasteiger partial charge in [0.05, 0.1) is 17.5 Å². The summed E-state index contributed by atoms with van der Waals surface area (Å²) in [4.78, 5) is 29.4. The fourth-order valence-corrected chi connectivity index (χ4v) is 3.00. The molecule has 0 saturated carbocycles. The molecule has 1 aromatic heterocycles. The fraction of sp³-hybridized carbons (Fsp3) is 0.357. The molecular formula is C14H13N3O3. The first-order chi connectivity index (χ1) is 9.60. The lowest BCUT2D eigenvalue weighted by Crippen LogP contribution is -2.55. The summed E-state index contributed by atoms with van der Waals surface area (Å²) in [6.07, 6.45) is 0.481. The van der Waals surface area contributed by atoms with Crippen LogP contribution in [0.1, 0.15) is 25.2 Å². The van der Waals surface area contributed by atoms with Gasteiger partial charge in [0.25, 0.3) is 5.56 Å². The summed E-state index contributed by atoms with van der Waals surface area (Å²) in [7, 11) is 0. The van der Waals surface area contributed by atoms with Gasteiger partial charge in [-0.1, -0.05) is 12.1 Å². The van der Waals surface area contributed by atoms with Gasteiger partial charge in [0.2, 0.25) is 5.91 Å². The molecule has 1 N–H and O–H groups in total. The van der Waals surface area contributed by atoms with E-state index in [1.165, 1.54) is 4.57 Å². The zero-order valence-electron chi connectivity index (χ0n) is 10.9. The number of hydrogen-bond acceptors (Lipinski definition) is 4. The molecule has 2 bridgehead atoms. The molecule has 2 atom stereocenters. The Kier molecular flexibility index (Phi) is 2.13. The highest BCUT2D eigenvalue weighted by Gasteiger charge is 2.46. The number of para-hydroxylation sites is 1. The second kappa shape index (κ2) is 3.67. The average molecular weight is 271 g/mol. The van der Waals surface area contributed by atoms with Crippen molar-refractivity contribution in [1.29, 1.82) is 0 Å². The van der Waals surface area contributed by atoms with Gasteiger partial charge >= 0.3 is 0 Å². The quantitative estimate of drug-likeness (QED) is 0.764. The molecule has 0 spiro atoms. The second-order valence-electron chi connectivity index (χ2n) is 5.30. The van der Waals surface area contributed by atoms with E-state index in [4.69, 9.17) is 4.74 Å². The van der Waals surface area contributed by atoms with Crippen LogP contribution in [-0.2, 0) is 15.3 Å². The van der Waals surface area contributed by atoms with Crippen LogP contribution in [0.2, 0.25) is 0 Å². The Hall–Kier alpha value is -2.21. The van der Waals surface area contributed by atoms with Crippen LogP contribution >= 0.6 is 0 Å². The second-order valence-corrected chi connectivity index (χ2v) is 5.30. The van der Waals surface area contributed by atoms with Crippen LogP contribution in [0.15, 0.2) is 29.1 Å². The SMILES string of the molecule is CC12NC(=O)C(CCO1)n1c2nc2ccccc2c1=O. The van der Waals surface area contributed by atoms with E-state index in [9.17, 15) is 9.59 Å². The largest absolute Gasteiger partial charge is 0.349 e. The van der Waals surface area contributed by atoms with Gasteiger partial charge < -0.3 is 10.1 Å². The number of fused-ring (bicyclic) bond motifs is 4. The van der Waals surface area contributed by atoms with Gasteiger partial charge in [-0.15, -0.1) is 0 Å². The van der Waals surface area contributed by atoms with Crippen molar-refractivity contribution in [2.45, 2.75) is 25.1 Å². The van der Waals surface area contributed by atoms with Gasteiger partial charge in [0.1, 0.15) is 6.04 Å². The van der Waals surface area contributed by atoms with Crippen molar-refractivity contribution in [3.8, 4) is 0 Å². The number of nitrogens with zero attached hydrogens (tertiary/aromatic N) is 2. The minimum Gasteiger partial charge on any atom is -0.349 e. The Bertz CT molecular complexity index is 798. The monoisotopic (exact) mass is 271 g/mol. The third-order valence-electron chi connectivity index (χ3n) is 3.99. The molecule has 4 heterocycles. The highest BCUT2D eigenvalue weighted by molar-refractivity contribution is 5.84. The molecule has 3 aliphatic rings. The van der Waals surface area contributed by atoms with E-state index >= 15 is 0 Å². The topological polar surface area (TPSA) is 73.2 Å². The molecule has 1 aromatic carbocycles. The van der Waals surface area contributed by atoms with Gasteiger partial charge in [-0.2, -0.15) is 0 Å². The minimum atomic E-state index is -1.03. The summed E-state index contributed by atoms with van der Waals surface area (Å²) >= 11 is 0. The molecule has 6 nitrogen and oxygen atoms in total. The maximum absolute atomic E-state index is 12.7. The number of hydrogen-bond donors (Lipinski definition) is 1. The van der Waals surface area contributed by atoms with Gasteiger partial charge in [-0.05, 0) is 19.1 Å². The Balaban J connectivity index is 2.16. The molecular weight excluding hydrogens is 258 g/mol.